The van der Waals surface area contributed by atoms with Gasteiger partial charge >= 0.3 is 5.97 Å². The molecule has 0 atom stereocenters. The Balaban J connectivity index is 2.89. The minimum atomic E-state index is -0.768. The Morgan fingerprint density at radius 1 is 1.33 bits per heavy atom. The molecule has 1 aromatic rings. The van der Waals surface area contributed by atoms with Crippen molar-refractivity contribution in [1.29, 1.82) is 0 Å². The van der Waals surface area contributed by atoms with Gasteiger partial charge in [-0.05, 0) is 17.5 Å². The maximum Gasteiger partial charge on any atom is 0.307 e. The summed E-state index contributed by atoms with van der Waals surface area (Å²) in [6.45, 7) is 2.03. The van der Waals surface area contributed by atoms with E-state index in [0.717, 1.165) is 17.5 Å². The fourth-order valence-corrected chi connectivity index (χ4v) is 1.24. The number of aryl methyl sites for hydroxylation is 1. The molecule has 0 bridgehead atoms. The highest BCUT2D eigenvalue weighted by Gasteiger charge is 2.03. The summed E-state index contributed by atoms with van der Waals surface area (Å²) in [7, 11) is 0. The number of benzene rings is 1. The average Bonchev–Trinajstić information content (AvgIpc) is 2.04. The maximum absolute atomic E-state index is 10.4. The normalized spacial score (nSPS) is 9.75. The van der Waals surface area contributed by atoms with Crippen molar-refractivity contribution in [1.82, 2.24) is 0 Å². The van der Waals surface area contributed by atoms with E-state index >= 15 is 0 Å². The van der Waals surface area contributed by atoms with Crippen molar-refractivity contribution in [3.63, 3.8) is 0 Å². The zero-order valence-electron chi connectivity index (χ0n) is 7.08. The van der Waals surface area contributed by atoms with E-state index in [1.54, 1.807) is 0 Å². The number of carboxylic acids is 1. The standard InChI is InChI=1S/C10H12O2/c1-2-8-5-3-4-6-9(8)7-10(11)12/h3-6H,2,7H2,1H3,(H,11,12). The minimum Gasteiger partial charge on any atom is -0.481 e. The quantitative estimate of drug-likeness (QED) is 0.740. The SMILES string of the molecule is CCc1ccccc1CC(=O)O. The predicted molar refractivity (Wildman–Crippen MR) is 47.2 cm³/mol. The highest BCUT2D eigenvalue weighted by Crippen LogP contribution is 2.09. The van der Waals surface area contributed by atoms with Gasteiger partial charge in [0, 0.05) is 0 Å². The van der Waals surface area contributed by atoms with Gasteiger partial charge in [-0.25, -0.2) is 0 Å². The highest BCUT2D eigenvalue weighted by atomic mass is 16.4. The molecule has 0 unspecified atom stereocenters. The molecule has 0 amide bonds. The van der Waals surface area contributed by atoms with Crippen LogP contribution in [0.1, 0.15) is 18.1 Å². The Bertz CT molecular complexity index is 279. The fourth-order valence-electron chi connectivity index (χ4n) is 1.24. The van der Waals surface area contributed by atoms with Crippen molar-refractivity contribution in [2.75, 3.05) is 0 Å². The molecule has 0 aromatic heterocycles. The van der Waals surface area contributed by atoms with Crippen molar-refractivity contribution in [3.8, 4) is 0 Å². The summed E-state index contributed by atoms with van der Waals surface area (Å²) < 4.78 is 0. The molecule has 1 aromatic carbocycles. The largest absolute Gasteiger partial charge is 0.481 e. The number of carboxylic acid groups (broad SMARTS) is 1. The summed E-state index contributed by atoms with van der Waals surface area (Å²) in [5.41, 5.74) is 2.05. The van der Waals surface area contributed by atoms with Crippen LogP contribution in [-0.4, -0.2) is 11.1 Å². The molecule has 1 rings (SSSR count). The third-order valence-corrected chi connectivity index (χ3v) is 1.84. The molecule has 0 aliphatic rings. The van der Waals surface area contributed by atoms with Crippen LogP contribution in [0.15, 0.2) is 24.3 Å². The van der Waals surface area contributed by atoms with Crippen LogP contribution in [0.5, 0.6) is 0 Å². The van der Waals surface area contributed by atoms with Crippen LogP contribution in [0, 0.1) is 0 Å². The molecule has 2 heteroatoms. The van der Waals surface area contributed by atoms with Crippen LogP contribution in [0.2, 0.25) is 0 Å². The lowest BCUT2D eigenvalue weighted by Gasteiger charge is -2.03. The first-order valence-electron chi connectivity index (χ1n) is 4.02. The summed E-state index contributed by atoms with van der Waals surface area (Å²) in [6, 6.07) is 7.65. The van der Waals surface area contributed by atoms with E-state index in [1.807, 2.05) is 31.2 Å². The first-order valence-corrected chi connectivity index (χ1v) is 4.02. The Labute approximate surface area is 71.8 Å². The van der Waals surface area contributed by atoms with E-state index in [4.69, 9.17) is 5.11 Å². The molecule has 0 heterocycles. The Morgan fingerprint density at radius 3 is 2.42 bits per heavy atom. The molecule has 0 fully saturated rings. The summed E-state index contributed by atoms with van der Waals surface area (Å²) in [6.07, 6.45) is 1.02. The van der Waals surface area contributed by atoms with Crippen LogP contribution in [0.25, 0.3) is 0 Å². The number of hydrogen-bond acceptors (Lipinski definition) is 1. The Hall–Kier alpha value is -1.31. The zero-order chi connectivity index (χ0) is 8.97. The lowest BCUT2D eigenvalue weighted by atomic mass is 10.0. The first kappa shape index (κ1) is 8.78. The van der Waals surface area contributed by atoms with Gasteiger partial charge in [-0.1, -0.05) is 31.2 Å². The highest BCUT2D eigenvalue weighted by molar-refractivity contribution is 5.70. The first-order chi connectivity index (χ1) is 5.74. The van der Waals surface area contributed by atoms with Crippen LogP contribution in [0.3, 0.4) is 0 Å². The average molecular weight is 164 g/mol. The summed E-state index contributed by atoms with van der Waals surface area (Å²) >= 11 is 0. The molecule has 0 aliphatic carbocycles. The number of aliphatic carboxylic acids is 1. The van der Waals surface area contributed by atoms with Gasteiger partial charge in [0.1, 0.15) is 0 Å². The molecule has 0 aliphatic heterocycles. The molecule has 2 nitrogen and oxygen atoms in total. The van der Waals surface area contributed by atoms with E-state index in [0.29, 0.717) is 0 Å². The van der Waals surface area contributed by atoms with Crippen molar-refractivity contribution in [2.24, 2.45) is 0 Å². The molecule has 12 heavy (non-hydrogen) atoms. The maximum atomic E-state index is 10.4. The smallest absolute Gasteiger partial charge is 0.307 e. The molecule has 1 N–H and O–H groups in total. The van der Waals surface area contributed by atoms with E-state index in [9.17, 15) is 4.79 Å². The van der Waals surface area contributed by atoms with Crippen molar-refractivity contribution >= 4 is 5.97 Å². The van der Waals surface area contributed by atoms with Crippen LogP contribution >= 0.6 is 0 Å². The molecule has 0 saturated heterocycles. The molecular weight excluding hydrogens is 152 g/mol. The van der Waals surface area contributed by atoms with Crippen LogP contribution in [0.4, 0.5) is 0 Å². The van der Waals surface area contributed by atoms with Gasteiger partial charge in [0.05, 0.1) is 6.42 Å². The molecular formula is C10H12O2. The van der Waals surface area contributed by atoms with E-state index in [-0.39, 0.29) is 6.42 Å². The third-order valence-electron chi connectivity index (χ3n) is 1.84. The summed E-state index contributed by atoms with van der Waals surface area (Å²) in [4.78, 5) is 10.4. The molecule has 0 spiro atoms. The van der Waals surface area contributed by atoms with E-state index in [2.05, 4.69) is 0 Å². The van der Waals surface area contributed by atoms with Crippen molar-refractivity contribution in [2.45, 2.75) is 19.8 Å². The van der Waals surface area contributed by atoms with Crippen molar-refractivity contribution < 1.29 is 9.90 Å². The monoisotopic (exact) mass is 164 g/mol. The lowest BCUT2D eigenvalue weighted by molar-refractivity contribution is -0.136. The minimum absolute atomic E-state index is 0.129. The predicted octanol–water partition coefficient (Wildman–Crippen LogP) is 1.88. The second-order valence-electron chi connectivity index (χ2n) is 2.69. The molecule has 0 radical (unpaired) electrons. The second-order valence-corrected chi connectivity index (χ2v) is 2.69. The van der Waals surface area contributed by atoms with Gasteiger partial charge in [0.25, 0.3) is 0 Å². The van der Waals surface area contributed by atoms with Gasteiger partial charge in [0.2, 0.25) is 0 Å². The Kier molecular flexibility index (Phi) is 2.86. The van der Waals surface area contributed by atoms with Crippen LogP contribution < -0.4 is 0 Å². The number of carbonyl (C=O) groups is 1. The van der Waals surface area contributed by atoms with Gasteiger partial charge in [-0.15, -0.1) is 0 Å². The third kappa shape index (κ3) is 2.09. The summed E-state index contributed by atoms with van der Waals surface area (Å²) in [5, 5.41) is 8.59. The lowest BCUT2D eigenvalue weighted by Crippen LogP contribution is -2.02. The van der Waals surface area contributed by atoms with Crippen molar-refractivity contribution in [3.05, 3.63) is 35.4 Å². The van der Waals surface area contributed by atoms with E-state index < -0.39 is 5.97 Å². The van der Waals surface area contributed by atoms with Crippen LogP contribution in [-0.2, 0) is 17.6 Å². The van der Waals surface area contributed by atoms with Gasteiger partial charge in [0.15, 0.2) is 0 Å². The number of hydrogen-bond donors (Lipinski definition) is 1. The second kappa shape index (κ2) is 3.90. The van der Waals surface area contributed by atoms with Gasteiger partial charge < -0.3 is 5.11 Å². The Morgan fingerprint density at radius 2 is 1.92 bits per heavy atom. The van der Waals surface area contributed by atoms with Gasteiger partial charge in [-0.3, -0.25) is 4.79 Å². The van der Waals surface area contributed by atoms with E-state index in [1.165, 1.54) is 0 Å². The molecule has 64 valence electrons. The molecule has 0 saturated carbocycles. The number of rotatable bonds is 3. The van der Waals surface area contributed by atoms with Gasteiger partial charge in [-0.2, -0.15) is 0 Å². The zero-order valence-corrected chi connectivity index (χ0v) is 7.08. The summed E-state index contributed by atoms with van der Waals surface area (Å²) in [5.74, 6) is -0.768. The fraction of sp³-hybridized carbons (Fsp3) is 0.300. The topological polar surface area (TPSA) is 37.3 Å².